The third-order valence-electron chi connectivity index (χ3n) is 12.7. The van der Waals surface area contributed by atoms with Crippen LogP contribution in [0.2, 0.25) is 0 Å². The predicted molar refractivity (Wildman–Crippen MR) is 214 cm³/mol. The smallest absolute Gasteiger partial charge is 0.256 e. The number of nitrogens with one attached hydrogen (secondary N) is 3. The van der Waals surface area contributed by atoms with Gasteiger partial charge in [0.15, 0.2) is 0 Å². The number of aromatic amines is 1. The molecule has 2 aromatic carbocycles. The topological polar surface area (TPSA) is 143 Å². The molecule has 0 aliphatic carbocycles. The first-order valence-corrected chi connectivity index (χ1v) is 20.3. The molecule has 2 aromatic heterocycles. The van der Waals surface area contributed by atoms with Crippen molar-refractivity contribution in [2.45, 2.75) is 76.1 Å². The molecule has 4 saturated heterocycles. The first-order valence-electron chi connectivity index (χ1n) is 20.3. The van der Waals surface area contributed by atoms with E-state index in [9.17, 15) is 19.2 Å². The molecule has 4 amide bonds. The van der Waals surface area contributed by atoms with Gasteiger partial charge in [0.05, 0.1) is 11.6 Å². The molecule has 3 N–H and O–H groups in total. The summed E-state index contributed by atoms with van der Waals surface area (Å²) >= 11 is 0. The summed E-state index contributed by atoms with van der Waals surface area (Å²) < 4.78 is 6.48. The number of hydrogen-bond donors (Lipinski definition) is 3. The first-order chi connectivity index (χ1) is 27.3. The summed E-state index contributed by atoms with van der Waals surface area (Å²) in [6.07, 6.45) is 8.96. The third kappa shape index (κ3) is 7.25. The fourth-order valence-corrected chi connectivity index (χ4v) is 9.37. The highest BCUT2D eigenvalue weighted by molar-refractivity contribution is 6.06. The number of imide groups is 1. The van der Waals surface area contributed by atoms with E-state index in [0.717, 1.165) is 99.3 Å². The minimum absolute atomic E-state index is 0.133. The number of anilines is 3. The highest BCUT2D eigenvalue weighted by Crippen LogP contribution is 2.36. The second-order valence-corrected chi connectivity index (χ2v) is 16.2. The maximum absolute atomic E-state index is 13.3. The molecule has 0 saturated carbocycles. The van der Waals surface area contributed by atoms with Crippen LogP contribution in [0.15, 0.2) is 60.8 Å². The molecule has 2 atom stereocenters. The van der Waals surface area contributed by atoms with Crippen molar-refractivity contribution in [3.63, 3.8) is 0 Å². The summed E-state index contributed by atoms with van der Waals surface area (Å²) in [5.74, 6) is 0.0452. The number of amides is 4. The van der Waals surface area contributed by atoms with Gasteiger partial charge in [-0.25, -0.2) is 4.98 Å². The molecular weight excluding hydrogens is 709 g/mol. The van der Waals surface area contributed by atoms with Crippen molar-refractivity contribution in [1.82, 2.24) is 25.1 Å². The van der Waals surface area contributed by atoms with Gasteiger partial charge in [0.2, 0.25) is 11.8 Å². The predicted octanol–water partition coefficient (Wildman–Crippen LogP) is 5.24. The number of piperidine rings is 3. The average molecular weight is 759 g/mol. The van der Waals surface area contributed by atoms with Gasteiger partial charge in [-0.3, -0.25) is 29.4 Å². The zero-order chi connectivity index (χ0) is 38.3. The number of pyridine rings is 1. The summed E-state index contributed by atoms with van der Waals surface area (Å²) in [5, 5.41) is 6.41. The first kappa shape index (κ1) is 36.4. The Kier molecular flexibility index (Phi) is 9.97. The number of likely N-dealkylation sites (tertiary alicyclic amines) is 1. The maximum Gasteiger partial charge on any atom is 0.256 e. The van der Waals surface area contributed by atoms with Crippen LogP contribution in [0, 0.1) is 5.92 Å². The molecule has 292 valence electrons. The number of nitrogens with zero attached hydrogens (tertiary/aromatic N) is 5. The zero-order valence-electron chi connectivity index (χ0n) is 32.0. The number of fused-ring (bicyclic) bond motifs is 2. The van der Waals surface area contributed by atoms with Gasteiger partial charge in [-0.2, -0.15) is 0 Å². The number of hydrogen-bond acceptors (Lipinski definition) is 9. The molecule has 56 heavy (non-hydrogen) atoms. The van der Waals surface area contributed by atoms with Crippen LogP contribution in [-0.4, -0.2) is 102 Å². The van der Waals surface area contributed by atoms with Gasteiger partial charge in [-0.1, -0.05) is 6.07 Å². The molecule has 13 nitrogen and oxygen atoms in total. The largest absolute Gasteiger partial charge is 0.378 e. The summed E-state index contributed by atoms with van der Waals surface area (Å²) in [6, 6.07) is 17.6. The third-order valence-corrected chi connectivity index (χ3v) is 12.7. The number of rotatable bonds is 9. The number of benzene rings is 2. The zero-order valence-corrected chi connectivity index (χ0v) is 32.0. The monoisotopic (exact) mass is 758 g/mol. The Morgan fingerprint density at radius 3 is 2.43 bits per heavy atom. The molecule has 13 heteroatoms. The van der Waals surface area contributed by atoms with Crippen molar-refractivity contribution in [3.05, 3.63) is 83.2 Å². The van der Waals surface area contributed by atoms with Gasteiger partial charge in [0.25, 0.3) is 11.8 Å². The van der Waals surface area contributed by atoms with E-state index in [1.807, 2.05) is 48.7 Å². The summed E-state index contributed by atoms with van der Waals surface area (Å²) in [4.78, 5) is 67.5. The molecule has 5 aliphatic rings. The lowest BCUT2D eigenvalue weighted by molar-refractivity contribution is -0.136. The van der Waals surface area contributed by atoms with Crippen molar-refractivity contribution in [1.29, 1.82) is 0 Å². The Labute approximate surface area is 326 Å². The molecule has 1 unspecified atom stereocenters. The lowest BCUT2D eigenvalue weighted by Gasteiger charge is -2.37. The quantitative estimate of drug-likeness (QED) is 0.195. The van der Waals surface area contributed by atoms with Crippen molar-refractivity contribution in [3.8, 4) is 0 Å². The van der Waals surface area contributed by atoms with E-state index in [1.165, 1.54) is 12.1 Å². The Morgan fingerprint density at radius 2 is 1.68 bits per heavy atom. The maximum atomic E-state index is 13.3. The van der Waals surface area contributed by atoms with Crippen LogP contribution in [0.4, 0.5) is 17.2 Å². The number of carbonyl (C=O) groups is 4. The highest BCUT2D eigenvalue weighted by Gasteiger charge is 2.40. The van der Waals surface area contributed by atoms with Gasteiger partial charge in [-0.05, 0) is 107 Å². The number of carbonyl (C=O) groups excluding carboxylic acids is 4. The lowest BCUT2D eigenvalue weighted by Crippen LogP contribution is -2.52. The molecule has 7 heterocycles. The number of ether oxygens (including phenoxy) is 1. The minimum atomic E-state index is -0.609. The van der Waals surface area contributed by atoms with Gasteiger partial charge < -0.3 is 29.7 Å². The van der Waals surface area contributed by atoms with Crippen LogP contribution in [-0.2, 0) is 20.9 Å². The summed E-state index contributed by atoms with van der Waals surface area (Å²) in [5.41, 5.74) is 6.59. The molecule has 4 aromatic rings. The van der Waals surface area contributed by atoms with Crippen molar-refractivity contribution in [2.75, 3.05) is 61.5 Å². The fourth-order valence-electron chi connectivity index (χ4n) is 9.37. The van der Waals surface area contributed by atoms with E-state index in [0.29, 0.717) is 41.9 Å². The molecule has 0 spiro atoms. The van der Waals surface area contributed by atoms with Crippen molar-refractivity contribution >= 4 is 51.7 Å². The normalized spacial score (nSPS) is 22.6. The average Bonchev–Trinajstić information content (AvgIpc) is 3.94. The number of aromatic nitrogens is 2. The van der Waals surface area contributed by atoms with Crippen LogP contribution in [0.25, 0.3) is 10.9 Å². The van der Waals surface area contributed by atoms with Gasteiger partial charge in [-0.15, -0.1) is 0 Å². The van der Waals surface area contributed by atoms with Crippen LogP contribution >= 0.6 is 0 Å². The van der Waals surface area contributed by atoms with Crippen LogP contribution in [0.3, 0.4) is 0 Å². The SMILES string of the molecule is CN1CCC[C@@H]1c1cc2cnc(NC(=O)c3ccc(N4CCC(OCC5CCN(c6cccc7c6CN(C6CCC(=O)NC6=O)C7=O)CC5)CC4)cc3)cc2[nH]1. The second-order valence-electron chi connectivity index (χ2n) is 16.2. The molecule has 5 aliphatic heterocycles. The van der Waals surface area contributed by atoms with E-state index in [4.69, 9.17) is 4.74 Å². The fraction of sp³-hybridized carbons (Fsp3) is 0.465. The van der Waals surface area contributed by atoms with E-state index < -0.39 is 6.04 Å². The van der Waals surface area contributed by atoms with E-state index in [-0.39, 0.29) is 36.2 Å². The summed E-state index contributed by atoms with van der Waals surface area (Å²) in [7, 11) is 2.16. The van der Waals surface area contributed by atoms with Crippen LogP contribution in [0.5, 0.6) is 0 Å². The van der Waals surface area contributed by atoms with Crippen molar-refractivity contribution in [2.24, 2.45) is 5.92 Å². The molecule has 9 rings (SSSR count). The van der Waals surface area contributed by atoms with Crippen LogP contribution in [0.1, 0.15) is 89.4 Å². The minimum Gasteiger partial charge on any atom is -0.378 e. The van der Waals surface area contributed by atoms with Crippen LogP contribution < -0.4 is 20.4 Å². The van der Waals surface area contributed by atoms with Crippen molar-refractivity contribution < 1.29 is 23.9 Å². The Bertz CT molecular complexity index is 2140. The van der Waals surface area contributed by atoms with Gasteiger partial charge in [0, 0.05) is 103 Å². The molecular formula is C43H50N8O5. The standard InChI is InChI=1S/C43H50N8O5/c1-48-17-3-6-37(48)35-22-29-24-44-39(23-34(29)45-35)46-41(53)28-7-9-30(10-8-28)49-20-15-31(16-21-49)56-26-27-13-18-50(19-14-27)36-5-2-4-32-33(36)25-51(43(32)55)38-11-12-40(52)47-42(38)54/h2,4-5,7-10,22-24,27,31,37-38,45H,3,6,11-21,25-26H2,1H3,(H,44,46,53)(H,47,52,54)/t37-,38?/m1/s1. The van der Waals surface area contributed by atoms with E-state index in [1.54, 1.807) is 4.90 Å². The molecule has 4 fully saturated rings. The van der Waals surface area contributed by atoms with Gasteiger partial charge >= 0.3 is 0 Å². The van der Waals surface area contributed by atoms with E-state index in [2.05, 4.69) is 54.5 Å². The highest BCUT2D eigenvalue weighted by atomic mass is 16.5. The summed E-state index contributed by atoms with van der Waals surface area (Å²) in [6.45, 7) is 5.84. The van der Waals surface area contributed by atoms with E-state index >= 15 is 0 Å². The number of H-pyrrole nitrogens is 1. The Morgan fingerprint density at radius 1 is 0.893 bits per heavy atom. The lowest BCUT2D eigenvalue weighted by atomic mass is 9.96. The molecule has 0 bridgehead atoms. The second kappa shape index (κ2) is 15.3. The molecule has 0 radical (unpaired) electrons. The Balaban J connectivity index is 0.721. The Hall–Kier alpha value is -5.27. The van der Waals surface area contributed by atoms with Gasteiger partial charge in [0.1, 0.15) is 11.9 Å².